The van der Waals surface area contributed by atoms with Gasteiger partial charge in [0.1, 0.15) is 0 Å². The third kappa shape index (κ3) is 3.09. The highest BCUT2D eigenvalue weighted by molar-refractivity contribution is 6.03. The van der Waals surface area contributed by atoms with Crippen LogP contribution in [0.15, 0.2) is 24.3 Å². The van der Waals surface area contributed by atoms with E-state index in [2.05, 4.69) is 10.6 Å². The fraction of sp³-hybridized carbons (Fsp3) is 0.308. The number of hydrogen-bond donors (Lipinski definition) is 3. The fourth-order valence-electron chi connectivity index (χ4n) is 2.00. The lowest BCUT2D eigenvalue weighted by Gasteiger charge is -2.22. The molecular formula is C13H15N3O3. The van der Waals surface area contributed by atoms with Gasteiger partial charge in [0.25, 0.3) is 5.91 Å². The molecule has 1 unspecified atom stereocenters. The molecule has 100 valence electrons. The van der Waals surface area contributed by atoms with Crippen molar-refractivity contribution in [1.29, 1.82) is 0 Å². The van der Waals surface area contributed by atoms with E-state index in [-0.39, 0.29) is 23.3 Å². The van der Waals surface area contributed by atoms with E-state index in [0.29, 0.717) is 25.1 Å². The summed E-state index contributed by atoms with van der Waals surface area (Å²) in [6, 6.07) is 6.57. The highest BCUT2D eigenvalue weighted by Gasteiger charge is 2.25. The van der Waals surface area contributed by atoms with Crippen LogP contribution in [-0.2, 0) is 9.59 Å². The van der Waals surface area contributed by atoms with Crippen LogP contribution in [0.1, 0.15) is 23.2 Å². The Balaban J connectivity index is 2.07. The van der Waals surface area contributed by atoms with Crippen molar-refractivity contribution in [3.8, 4) is 0 Å². The number of primary amides is 1. The Morgan fingerprint density at radius 2 is 2.05 bits per heavy atom. The van der Waals surface area contributed by atoms with Gasteiger partial charge < -0.3 is 16.4 Å². The minimum atomic E-state index is -0.590. The molecule has 0 aliphatic carbocycles. The summed E-state index contributed by atoms with van der Waals surface area (Å²) in [5.41, 5.74) is 5.91. The quantitative estimate of drug-likeness (QED) is 0.726. The fourth-order valence-corrected chi connectivity index (χ4v) is 2.00. The second kappa shape index (κ2) is 5.51. The van der Waals surface area contributed by atoms with Crippen LogP contribution in [-0.4, -0.2) is 24.3 Å². The first-order chi connectivity index (χ1) is 9.08. The second-order valence-electron chi connectivity index (χ2n) is 4.44. The lowest BCUT2D eigenvalue weighted by Crippen LogP contribution is -2.40. The van der Waals surface area contributed by atoms with E-state index < -0.39 is 5.91 Å². The van der Waals surface area contributed by atoms with Gasteiger partial charge in [-0.05, 0) is 18.6 Å². The van der Waals surface area contributed by atoms with Crippen molar-refractivity contribution in [1.82, 2.24) is 5.32 Å². The number of nitrogens with two attached hydrogens (primary N) is 1. The molecule has 1 aromatic rings. The van der Waals surface area contributed by atoms with Crippen LogP contribution in [0, 0.1) is 5.92 Å². The summed E-state index contributed by atoms with van der Waals surface area (Å²) >= 11 is 0. The van der Waals surface area contributed by atoms with E-state index in [1.807, 2.05) is 0 Å². The van der Waals surface area contributed by atoms with Crippen LogP contribution in [0.5, 0.6) is 0 Å². The summed E-state index contributed by atoms with van der Waals surface area (Å²) in [6.45, 7) is 0.323. The number of nitrogens with one attached hydrogen (secondary N) is 2. The molecule has 1 aromatic carbocycles. The lowest BCUT2D eigenvalue weighted by molar-refractivity contribution is -0.126. The summed E-state index contributed by atoms with van der Waals surface area (Å²) in [5, 5.41) is 5.33. The standard InChI is InChI=1S/C13H15N3O3/c14-12(18)9-3-1-2-4-10(9)16-13(19)8-5-6-11(17)15-7-8/h1-4,8H,5-7H2,(H2,14,18)(H,15,17)(H,16,19). The number of carbonyl (C=O) groups is 3. The van der Waals surface area contributed by atoms with Crippen molar-refractivity contribution >= 4 is 23.4 Å². The van der Waals surface area contributed by atoms with Crippen molar-refractivity contribution in [2.75, 3.05) is 11.9 Å². The molecule has 2 rings (SSSR count). The van der Waals surface area contributed by atoms with Gasteiger partial charge in [0.05, 0.1) is 17.2 Å². The summed E-state index contributed by atoms with van der Waals surface area (Å²) in [6.07, 6.45) is 0.853. The minimum Gasteiger partial charge on any atom is -0.366 e. The molecule has 4 N–H and O–H groups in total. The summed E-state index contributed by atoms with van der Waals surface area (Å²) in [7, 11) is 0. The highest BCUT2D eigenvalue weighted by atomic mass is 16.2. The van der Waals surface area contributed by atoms with Crippen LogP contribution >= 0.6 is 0 Å². The smallest absolute Gasteiger partial charge is 0.250 e. The van der Waals surface area contributed by atoms with Gasteiger partial charge in [-0.1, -0.05) is 12.1 Å². The lowest BCUT2D eigenvalue weighted by atomic mass is 9.98. The third-order valence-electron chi connectivity index (χ3n) is 3.09. The number of piperidine rings is 1. The topological polar surface area (TPSA) is 101 Å². The number of amides is 3. The van der Waals surface area contributed by atoms with Gasteiger partial charge >= 0.3 is 0 Å². The van der Waals surface area contributed by atoms with Gasteiger partial charge in [0, 0.05) is 13.0 Å². The Bertz CT molecular complexity index is 518. The minimum absolute atomic E-state index is 0.0402. The molecule has 1 heterocycles. The first-order valence-electron chi connectivity index (χ1n) is 6.04. The monoisotopic (exact) mass is 261 g/mol. The second-order valence-corrected chi connectivity index (χ2v) is 4.44. The molecule has 0 saturated carbocycles. The molecule has 0 radical (unpaired) electrons. The third-order valence-corrected chi connectivity index (χ3v) is 3.09. The maximum atomic E-state index is 12.0. The molecule has 0 aromatic heterocycles. The zero-order valence-electron chi connectivity index (χ0n) is 10.3. The first-order valence-corrected chi connectivity index (χ1v) is 6.04. The maximum absolute atomic E-state index is 12.0. The zero-order chi connectivity index (χ0) is 13.8. The van der Waals surface area contributed by atoms with Crippen LogP contribution in [0.4, 0.5) is 5.69 Å². The Kier molecular flexibility index (Phi) is 3.79. The predicted molar refractivity (Wildman–Crippen MR) is 69.3 cm³/mol. The molecule has 6 nitrogen and oxygen atoms in total. The van der Waals surface area contributed by atoms with E-state index in [4.69, 9.17) is 5.73 Å². The first kappa shape index (κ1) is 13.1. The van der Waals surface area contributed by atoms with Gasteiger partial charge in [-0.3, -0.25) is 14.4 Å². The van der Waals surface area contributed by atoms with E-state index in [0.717, 1.165) is 0 Å². The number of para-hydroxylation sites is 1. The molecule has 0 spiro atoms. The largest absolute Gasteiger partial charge is 0.366 e. The molecule has 6 heteroatoms. The van der Waals surface area contributed by atoms with Crippen LogP contribution in [0.25, 0.3) is 0 Å². The van der Waals surface area contributed by atoms with E-state index in [9.17, 15) is 14.4 Å². The molecule has 19 heavy (non-hydrogen) atoms. The Morgan fingerprint density at radius 3 is 2.68 bits per heavy atom. The average molecular weight is 261 g/mol. The molecule has 0 bridgehead atoms. The maximum Gasteiger partial charge on any atom is 0.250 e. The molecule has 3 amide bonds. The van der Waals surface area contributed by atoms with Crippen LogP contribution < -0.4 is 16.4 Å². The van der Waals surface area contributed by atoms with Crippen molar-refractivity contribution < 1.29 is 14.4 Å². The molecule has 1 aliphatic heterocycles. The molecule has 1 aliphatic rings. The Morgan fingerprint density at radius 1 is 1.32 bits per heavy atom. The van der Waals surface area contributed by atoms with Gasteiger partial charge in [-0.25, -0.2) is 0 Å². The van der Waals surface area contributed by atoms with E-state index >= 15 is 0 Å². The van der Waals surface area contributed by atoms with Crippen molar-refractivity contribution in [2.24, 2.45) is 11.7 Å². The molecule has 1 fully saturated rings. The number of anilines is 1. The van der Waals surface area contributed by atoms with E-state index in [1.54, 1.807) is 24.3 Å². The van der Waals surface area contributed by atoms with Crippen molar-refractivity contribution in [3.05, 3.63) is 29.8 Å². The van der Waals surface area contributed by atoms with Gasteiger partial charge in [0.15, 0.2) is 0 Å². The van der Waals surface area contributed by atoms with Crippen molar-refractivity contribution in [3.63, 3.8) is 0 Å². The predicted octanol–water partition coefficient (Wildman–Crippen LogP) is 0.250. The molecule has 1 atom stereocenters. The summed E-state index contributed by atoms with van der Waals surface area (Å²) in [4.78, 5) is 34.3. The van der Waals surface area contributed by atoms with Crippen molar-refractivity contribution in [2.45, 2.75) is 12.8 Å². The van der Waals surface area contributed by atoms with Crippen LogP contribution in [0.2, 0.25) is 0 Å². The van der Waals surface area contributed by atoms with Crippen LogP contribution in [0.3, 0.4) is 0 Å². The van der Waals surface area contributed by atoms with E-state index in [1.165, 1.54) is 0 Å². The molecule has 1 saturated heterocycles. The number of benzene rings is 1. The SMILES string of the molecule is NC(=O)c1ccccc1NC(=O)C1CCC(=O)NC1. The normalized spacial score (nSPS) is 18.5. The average Bonchev–Trinajstić information content (AvgIpc) is 2.39. The number of rotatable bonds is 3. The number of carbonyl (C=O) groups excluding carboxylic acids is 3. The van der Waals surface area contributed by atoms with Gasteiger partial charge in [-0.15, -0.1) is 0 Å². The summed E-state index contributed by atoms with van der Waals surface area (Å²) in [5.74, 6) is -1.12. The summed E-state index contributed by atoms with van der Waals surface area (Å²) < 4.78 is 0. The molecular weight excluding hydrogens is 246 g/mol. The Labute approximate surface area is 110 Å². The van der Waals surface area contributed by atoms with Gasteiger partial charge in [0.2, 0.25) is 11.8 Å². The highest BCUT2D eigenvalue weighted by Crippen LogP contribution is 2.18. The number of hydrogen-bond acceptors (Lipinski definition) is 3. The Hall–Kier alpha value is -2.37. The zero-order valence-corrected chi connectivity index (χ0v) is 10.3. The van der Waals surface area contributed by atoms with Gasteiger partial charge in [-0.2, -0.15) is 0 Å².